The van der Waals surface area contributed by atoms with Gasteiger partial charge in [-0.1, -0.05) is 6.92 Å². The molecule has 2 fully saturated rings. The number of piperidine rings is 1. The van der Waals surface area contributed by atoms with Crippen molar-refractivity contribution in [3.8, 4) is 0 Å². The second kappa shape index (κ2) is 9.90. The average Bonchev–Trinajstić information content (AvgIpc) is 3.48. The first-order valence-electron chi connectivity index (χ1n) is 9.82. The third-order valence-corrected chi connectivity index (χ3v) is 5.16. The minimum absolute atomic E-state index is 0.0251. The zero-order valence-corrected chi connectivity index (χ0v) is 16.0. The van der Waals surface area contributed by atoms with Crippen LogP contribution in [0.3, 0.4) is 0 Å². The highest BCUT2D eigenvalue weighted by Crippen LogP contribution is 2.32. The van der Waals surface area contributed by atoms with Crippen LogP contribution >= 0.6 is 0 Å². The molecule has 26 heavy (non-hydrogen) atoms. The van der Waals surface area contributed by atoms with Gasteiger partial charge in [0, 0.05) is 45.3 Å². The van der Waals surface area contributed by atoms with Gasteiger partial charge in [-0.15, -0.1) is 0 Å². The number of carbonyl (C=O) groups excluding carboxylic acids is 2. The van der Waals surface area contributed by atoms with Gasteiger partial charge in [0.2, 0.25) is 11.8 Å². The number of rotatable bonds is 10. The minimum Gasteiger partial charge on any atom is -0.481 e. The van der Waals surface area contributed by atoms with Gasteiger partial charge in [0.25, 0.3) is 0 Å². The molecule has 0 spiro atoms. The number of ether oxygens (including phenoxy) is 1. The lowest BCUT2D eigenvalue weighted by atomic mass is 9.95. The number of carboxylic acids is 1. The second-order valence-electron chi connectivity index (χ2n) is 7.47. The molecule has 0 aromatic heterocycles. The van der Waals surface area contributed by atoms with E-state index in [1.54, 1.807) is 11.8 Å². The summed E-state index contributed by atoms with van der Waals surface area (Å²) in [6.45, 7) is 6.61. The molecule has 0 aromatic rings. The Hall–Kier alpha value is -1.63. The van der Waals surface area contributed by atoms with E-state index in [4.69, 9.17) is 4.74 Å². The van der Waals surface area contributed by atoms with Crippen LogP contribution in [0.1, 0.15) is 46.0 Å². The number of hydrogen-bond donors (Lipinski definition) is 1. The predicted octanol–water partition coefficient (Wildman–Crippen LogP) is 1.61. The molecule has 1 heterocycles. The Morgan fingerprint density at radius 2 is 1.96 bits per heavy atom. The normalized spacial score (nSPS) is 21.3. The quantitative estimate of drug-likeness (QED) is 0.592. The highest BCUT2D eigenvalue weighted by Gasteiger charge is 2.37. The Balaban J connectivity index is 1.95. The van der Waals surface area contributed by atoms with Crippen molar-refractivity contribution in [2.24, 2.45) is 17.8 Å². The molecule has 1 N–H and O–H groups in total. The van der Waals surface area contributed by atoms with Gasteiger partial charge in [0.15, 0.2) is 0 Å². The molecule has 7 nitrogen and oxygen atoms in total. The fourth-order valence-corrected chi connectivity index (χ4v) is 3.43. The molecule has 148 valence electrons. The van der Waals surface area contributed by atoms with Gasteiger partial charge >= 0.3 is 5.97 Å². The molecule has 1 saturated heterocycles. The molecule has 0 bridgehead atoms. The lowest BCUT2D eigenvalue weighted by molar-refractivity contribution is -0.145. The van der Waals surface area contributed by atoms with Crippen molar-refractivity contribution < 1.29 is 24.2 Å². The molecular weight excluding hydrogens is 336 g/mol. The first kappa shape index (κ1) is 20.7. The van der Waals surface area contributed by atoms with Crippen molar-refractivity contribution in [3.63, 3.8) is 0 Å². The van der Waals surface area contributed by atoms with Crippen molar-refractivity contribution in [2.45, 2.75) is 46.0 Å². The van der Waals surface area contributed by atoms with Crippen molar-refractivity contribution in [1.82, 2.24) is 9.80 Å². The third-order valence-electron chi connectivity index (χ3n) is 5.16. The van der Waals surface area contributed by atoms with E-state index >= 15 is 0 Å². The number of amides is 2. The maximum Gasteiger partial charge on any atom is 0.308 e. The van der Waals surface area contributed by atoms with Crippen LogP contribution in [0, 0.1) is 17.8 Å². The smallest absolute Gasteiger partial charge is 0.308 e. The highest BCUT2D eigenvalue weighted by molar-refractivity contribution is 5.84. The molecule has 0 radical (unpaired) electrons. The number of likely N-dealkylation sites (tertiary alicyclic amines) is 1. The summed E-state index contributed by atoms with van der Waals surface area (Å²) in [5.74, 6) is -1.41. The van der Waals surface area contributed by atoms with Gasteiger partial charge in [-0.05, 0) is 39.0 Å². The van der Waals surface area contributed by atoms with Crippen molar-refractivity contribution >= 4 is 17.8 Å². The largest absolute Gasteiger partial charge is 0.481 e. The summed E-state index contributed by atoms with van der Waals surface area (Å²) in [6, 6.07) is 0. The molecule has 2 unspecified atom stereocenters. The summed E-state index contributed by atoms with van der Waals surface area (Å²) in [5, 5.41) is 9.20. The Kier molecular flexibility index (Phi) is 7.87. The second-order valence-corrected chi connectivity index (χ2v) is 7.47. The molecule has 1 aliphatic carbocycles. The van der Waals surface area contributed by atoms with E-state index in [1.165, 1.54) is 0 Å². The molecule has 2 amide bonds. The number of carbonyl (C=O) groups is 3. The van der Waals surface area contributed by atoms with E-state index in [-0.39, 0.29) is 30.2 Å². The first-order chi connectivity index (χ1) is 12.4. The molecular formula is C19H32N2O5. The molecule has 1 aliphatic heterocycles. The van der Waals surface area contributed by atoms with Crippen molar-refractivity contribution in [1.29, 1.82) is 0 Å². The predicted molar refractivity (Wildman–Crippen MR) is 96.5 cm³/mol. The maximum absolute atomic E-state index is 13.0. The average molecular weight is 368 g/mol. The summed E-state index contributed by atoms with van der Waals surface area (Å²) in [6.07, 6.45) is 4.21. The van der Waals surface area contributed by atoms with Crippen LogP contribution in [-0.2, 0) is 19.1 Å². The standard InChI is InChI=1S/C19H32N2O5/c1-3-26-11-5-10-20(12-14(2)19(24)25)18(23)16-6-4-9-21(13-16)17(22)15-7-8-15/h14-16H,3-13H2,1-2H3,(H,24,25). The van der Waals surface area contributed by atoms with Gasteiger partial charge in [-0.2, -0.15) is 0 Å². The van der Waals surface area contributed by atoms with Crippen molar-refractivity contribution in [3.05, 3.63) is 0 Å². The fraction of sp³-hybridized carbons (Fsp3) is 0.842. The van der Waals surface area contributed by atoms with E-state index in [0.717, 1.165) is 32.2 Å². The monoisotopic (exact) mass is 368 g/mol. The summed E-state index contributed by atoms with van der Waals surface area (Å²) < 4.78 is 5.34. The molecule has 7 heteroatoms. The topological polar surface area (TPSA) is 87.2 Å². The van der Waals surface area contributed by atoms with E-state index in [0.29, 0.717) is 32.7 Å². The Bertz CT molecular complexity index is 506. The molecule has 0 aromatic carbocycles. The van der Waals surface area contributed by atoms with E-state index in [1.807, 2.05) is 11.8 Å². The number of aliphatic carboxylic acids is 1. The SMILES string of the molecule is CCOCCCN(CC(C)C(=O)O)C(=O)C1CCCN(C(=O)C2CC2)C1. The molecule has 2 rings (SSSR count). The number of carboxylic acid groups (broad SMARTS) is 1. The molecule has 2 aliphatic rings. The Morgan fingerprint density at radius 1 is 1.23 bits per heavy atom. The Labute approximate surface area is 155 Å². The lowest BCUT2D eigenvalue weighted by Gasteiger charge is -2.35. The van der Waals surface area contributed by atoms with Gasteiger partial charge in [0.1, 0.15) is 0 Å². The number of nitrogens with zero attached hydrogens (tertiary/aromatic N) is 2. The van der Waals surface area contributed by atoms with Crippen LogP contribution < -0.4 is 0 Å². The molecule has 1 saturated carbocycles. The number of hydrogen-bond acceptors (Lipinski definition) is 4. The summed E-state index contributed by atoms with van der Waals surface area (Å²) in [7, 11) is 0. The first-order valence-corrected chi connectivity index (χ1v) is 9.82. The summed E-state index contributed by atoms with van der Waals surface area (Å²) >= 11 is 0. The summed E-state index contributed by atoms with van der Waals surface area (Å²) in [4.78, 5) is 40.1. The maximum atomic E-state index is 13.0. The van der Waals surface area contributed by atoms with Gasteiger partial charge < -0.3 is 19.6 Å². The van der Waals surface area contributed by atoms with E-state index in [2.05, 4.69) is 0 Å². The van der Waals surface area contributed by atoms with Crippen LogP contribution in [0.2, 0.25) is 0 Å². The van der Waals surface area contributed by atoms with Gasteiger partial charge in [-0.25, -0.2) is 0 Å². The lowest BCUT2D eigenvalue weighted by Crippen LogP contribution is -2.48. The van der Waals surface area contributed by atoms with Crippen LogP contribution in [0.15, 0.2) is 0 Å². The third kappa shape index (κ3) is 5.97. The zero-order valence-electron chi connectivity index (χ0n) is 16.0. The summed E-state index contributed by atoms with van der Waals surface area (Å²) in [5.41, 5.74) is 0. The van der Waals surface area contributed by atoms with Crippen LogP contribution in [0.25, 0.3) is 0 Å². The van der Waals surface area contributed by atoms with Crippen LogP contribution in [0.4, 0.5) is 0 Å². The zero-order chi connectivity index (χ0) is 19.1. The molecule has 2 atom stereocenters. The fourth-order valence-electron chi connectivity index (χ4n) is 3.43. The van der Waals surface area contributed by atoms with Crippen LogP contribution in [0.5, 0.6) is 0 Å². The van der Waals surface area contributed by atoms with E-state index in [9.17, 15) is 19.5 Å². The van der Waals surface area contributed by atoms with E-state index < -0.39 is 11.9 Å². The van der Waals surface area contributed by atoms with Gasteiger partial charge in [0.05, 0.1) is 11.8 Å². The minimum atomic E-state index is -0.901. The highest BCUT2D eigenvalue weighted by atomic mass is 16.5. The van der Waals surface area contributed by atoms with Gasteiger partial charge in [-0.3, -0.25) is 14.4 Å². The van der Waals surface area contributed by atoms with Crippen LogP contribution in [-0.4, -0.2) is 72.1 Å². The van der Waals surface area contributed by atoms with Crippen molar-refractivity contribution in [2.75, 3.05) is 39.4 Å². The Morgan fingerprint density at radius 3 is 2.58 bits per heavy atom.